The molecular weight excluding hydrogens is 180 g/mol. The van der Waals surface area contributed by atoms with Crippen molar-refractivity contribution in [3.05, 3.63) is 0 Å². The number of rotatable bonds is 2. The first kappa shape index (κ1) is 10.8. The highest BCUT2D eigenvalue weighted by atomic mass is 16.7. The van der Waals surface area contributed by atoms with E-state index in [1.165, 1.54) is 7.11 Å². The number of aliphatic hydroxyl groups excluding tert-OH is 4. The average molecular weight is 194 g/mol. The van der Waals surface area contributed by atoms with Crippen molar-refractivity contribution >= 4 is 0 Å². The Hall–Kier alpha value is -0.240. The summed E-state index contributed by atoms with van der Waals surface area (Å²) in [5.74, 6) is 0. The van der Waals surface area contributed by atoms with E-state index >= 15 is 0 Å². The van der Waals surface area contributed by atoms with Crippen LogP contribution in [0.2, 0.25) is 0 Å². The van der Waals surface area contributed by atoms with Gasteiger partial charge in [0.25, 0.3) is 0 Å². The van der Waals surface area contributed by atoms with Gasteiger partial charge in [-0.3, -0.25) is 0 Å². The van der Waals surface area contributed by atoms with Gasteiger partial charge in [-0.1, -0.05) is 0 Å². The smallest absolute Gasteiger partial charge is 0.186 e. The first-order chi connectivity index (χ1) is 6.11. The Morgan fingerprint density at radius 1 is 1.15 bits per heavy atom. The maximum atomic E-state index is 9.28. The second-order valence-corrected chi connectivity index (χ2v) is 2.93. The summed E-state index contributed by atoms with van der Waals surface area (Å²) < 4.78 is 9.65. The molecule has 4 N–H and O–H groups in total. The van der Waals surface area contributed by atoms with Gasteiger partial charge >= 0.3 is 0 Å². The molecule has 5 atom stereocenters. The Kier molecular flexibility index (Phi) is 3.60. The number of hydrogen-bond donors (Lipinski definition) is 4. The van der Waals surface area contributed by atoms with Crippen molar-refractivity contribution in [3.8, 4) is 0 Å². The molecule has 0 amide bonds. The highest BCUT2D eigenvalue weighted by Gasteiger charge is 2.43. The van der Waals surface area contributed by atoms with Gasteiger partial charge in [-0.25, -0.2) is 0 Å². The van der Waals surface area contributed by atoms with Gasteiger partial charge in [-0.2, -0.15) is 0 Å². The molecular formula is C7H14O6. The zero-order valence-corrected chi connectivity index (χ0v) is 7.20. The van der Waals surface area contributed by atoms with Gasteiger partial charge in [-0.05, 0) is 0 Å². The Morgan fingerprint density at radius 3 is 2.23 bits per heavy atom. The van der Waals surface area contributed by atoms with Gasteiger partial charge in [0.05, 0.1) is 6.61 Å². The topological polar surface area (TPSA) is 99.4 Å². The Balaban J connectivity index is 2.66. The first-order valence-electron chi connectivity index (χ1n) is 3.95. The van der Waals surface area contributed by atoms with Crippen LogP contribution in [0.5, 0.6) is 0 Å². The number of ether oxygens (including phenoxy) is 2. The number of aliphatic hydroxyl groups is 4. The average Bonchev–Trinajstić information content (AvgIpc) is 2.15. The van der Waals surface area contributed by atoms with E-state index in [-0.39, 0.29) is 0 Å². The van der Waals surface area contributed by atoms with Crippen LogP contribution in [-0.2, 0) is 9.47 Å². The fraction of sp³-hybridized carbons (Fsp3) is 1.00. The van der Waals surface area contributed by atoms with Gasteiger partial charge in [0.2, 0.25) is 0 Å². The largest absolute Gasteiger partial charge is 0.394 e. The lowest BCUT2D eigenvalue weighted by atomic mass is 9.99. The lowest BCUT2D eigenvalue weighted by Gasteiger charge is -2.38. The van der Waals surface area contributed by atoms with Crippen molar-refractivity contribution in [1.29, 1.82) is 0 Å². The van der Waals surface area contributed by atoms with E-state index in [4.69, 9.17) is 14.6 Å². The second-order valence-electron chi connectivity index (χ2n) is 2.93. The molecule has 13 heavy (non-hydrogen) atoms. The van der Waals surface area contributed by atoms with Gasteiger partial charge in [0.1, 0.15) is 24.4 Å². The van der Waals surface area contributed by atoms with Crippen LogP contribution >= 0.6 is 0 Å². The molecule has 0 unspecified atom stereocenters. The fourth-order valence-electron chi connectivity index (χ4n) is 1.26. The highest BCUT2D eigenvalue weighted by molar-refractivity contribution is 4.88. The van der Waals surface area contributed by atoms with Crippen LogP contribution in [0.15, 0.2) is 0 Å². The Labute approximate surface area is 75.3 Å². The molecule has 1 aliphatic heterocycles. The lowest BCUT2D eigenvalue weighted by molar-refractivity contribution is -0.294. The summed E-state index contributed by atoms with van der Waals surface area (Å²) in [4.78, 5) is 0. The van der Waals surface area contributed by atoms with Crippen molar-refractivity contribution in [2.75, 3.05) is 13.7 Å². The summed E-state index contributed by atoms with van der Waals surface area (Å²) in [5, 5.41) is 36.6. The van der Waals surface area contributed by atoms with Crippen LogP contribution in [0.4, 0.5) is 0 Å². The molecule has 0 aromatic heterocycles. The van der Waals surface area contributed by atoms with Crippen LogP contribution < -0.4 is 0 Å². The van der Waals surface area contributed by atoms with Gasteiger partial charge in [0.15, 0.2) is 6.29 Å². The van der Waals surface area contributed by atoms with Crippen molar-refractivity contribution in [2.45, 2.75) is 30.7 Å². The molecule has 1 saturated heterocycles. The molecule has 6 nitrogen and oxygen atoms in total. The van der Waals surface area contributed by atoms with Gasteiger partial charge in [-0.15, -0.1) is 0 Å². The van der Waals surface area contributed by atoms with Gasteiger partial charge < -0.3 is 29.9 Å². The molecule has 0 spiro atoms. The molecule has 0 saturated carbocycles. The summed E-state index contributed by atoms with van der Waals surface area (Å²) >= 11 is 0. The summed E-state index contributed by atoms with van der Waals surface area (Å²) in [7, 11) is 1.30. The minimum Gasteiger partial charge on any atom is -0.394 e. The molecule has 1 heterocycles. The minimum atomic E-state index is -1.36. The molecule has 1 rings (SSSR count). The zero-order chi connectivity index (χ0) is 10.0. The second kappa shape index (κ2) is 4.32. The maximum Gasteiger partial charge on any atom is 0.186 e. The number of hydrogen-bond acceptors (Lipinski definition) is 6. The quantitative estimate of drug-likeness (QED) is 0.386. The van der Waals surface area contributed by atoms with Crippen LogP contribution in [0, 0.1) is 0 Å². The third-order valence-corrected chi connectivity index (χ3v) is 2.08. The molecule has 0 aromatic carbocycles. The first-order valence-corrected chi connectivity index (χ1v) is 3.95. The maximum absolute atomic E-state index is 9.28. The van der Waals surface area contributed by atoms with E-state index < -0.39 is 37.3 Å². The van der Waals surface area contributed by atoms with Crippen molar-refractivity contribution < 1.29 is 29.9 Å². The zero-order valence-electron chi connectivity index (χ0n) is 7.20. The van der Waals surface area contributed by atoms with Crippen LogP contribution in [0.3, 0.4) is 0 Å². The molecule has 0 radical (unpaired) electrons. The predicted octanol–water partition coefficient (Wildman–Crippen LogP) is -2.57. The van der Waals surface area contributed by atoms with Crippen LogP contribution in [-0.4, -0.2) is 64.8 Å². The van der Waals surface area contributed by atoms with E-state index in [1.54, 1.807) is 0 Å². The molecule has 0 aromatic rings. The predicted molar refractivity (Wildman–Crippen MR) is 40.8 cm³/mol. The van der Waals surface area contributed by atoms with E-state index in [1.807, 2.05) is 0 Å². The monoisotopic (exact) mass is 194 g/mol. The normalized spacial score (nSPS) is 46.4. The summed E-state index contributed by atoms with van der Waals surface area (Å²) in [6.07, 6.45) is -5.91. The van der Waals surface area contributed by atoms with Crippen LogP contribution in [0.25, 0.3) is 0 Å². The molecule has 1 fully saturated rings. The van der Waals surface area contributed by atoms with Crippen molar-refractivity contribution in [1.82, 2.24) is 0 Å². The minimum absolute atomic E-state index is 0.440. The van der Waals surface area contributed by atoms with Crippen molar-refractivity contribution in [2.24, 2.45) is 0 Å². The highest BCUT2D eigenvalue weighted by Crippen LogP contribution is 2.20. The van der Waals surface area contributed by atoms with Crippen molar-refractivity contribution in [3.63, 3.8) is 0 Å². The lowest BCUT2D eigenvalue weighted by Crippen LogP contribution is -2.58. The molecule has 78 valence electrons. The Bertz CT molecular complexity index is 143. The van der Waals surface area contributed by atoms with E-state index in [2.05, 4.69) is 0 Å². The molecule has 1 aliphatic rings. The third kappa shape index (κ3) is 1.98. The molecule has 0 bridgehead atoms. The number of methoxy groups -OCH3 is 1. The summed E-state index contributed by atoms with van der Waals surface area (Å²) in [5.41, 5.74) is 0. The fourth-order valence-corrected chi connectivity index (χ4v) is 1.26. The van der Waals surface area contributed by atoms with E-state index in [0.29, 0.717) is 0 Å². The molecule has 6 heteroatoms. The summed E-state index contributed by atoms with van der Waals surface area (Å²) in [6.45, 7) is -0.440. The Morgan fingerprint density at radius 2 is 1.77 bits per heavy atom. The van der Waals surface area contributed by atoms with E-state index in [0.717, 1.165) is 0 Å². The standard InChI is InChI=1S/C7H14O6/c1-12-7-6(11)5(10)4(9)3(2-8)13-7/h3-11H,2H2,1H3/t3-,4+,5+,6-,7-/m0/s1. The van der Waals surface area contributed by atoms with Gasteiger partial charge in [0, 0.05) is 7.11 Å². The molecule has 0 aliphatic carbocycles. The van der Waals surface area contributed by atoms with Crippen LogP contribution in [0.1, 0.15) is 0 Å². The SMILES string of the molecule is CO[C@H]1O[C@@H](CO)[C@@H](O)[C@@H](O)[C@@H]1O. The summed E-state index contributed by atoms with van der Waals surface area (Å²) in [6, 6.07) is 0. The third-order valence-electron chi connectivity index (χ3n) is 2.08. The van der Waals surface area contributed by atoms with E-state index in [9.17, 15) is 15.3 Å².